The van der Waals surface area contributed by atoms with Crippen molar-refractivity contribution < 1.29 is 18.5 Å². The van der Waals surface area contributed by atoms with Crippen LogP contribution in [0.2, 0.25) is 0 Å². The Balaban J connectivity index is 1.34. The first-order valence-corrected chi connectivity index (χ1v) is 12.3. The van der Waals surface area contributed by atoms with E-state index in [1.54, 1.807) is 0 Å². The van der Waals surface area contributed by atoms with Gasteiger partial charge in [-0.15, -0.1) is 0 Å². The summed E-state index contributed by atoms with van der Waals surface area (Å²) in [4.78, 5) is 22.8. The van der Waals surface area contributed by atoms with Gasteiger partial charge in [-0.3, -0.25) is 9.69 Å². The van der Waals surface area contributed by atoms with Crippen LogP contribution in [0.15, 0.2) is 21.1 Å². The fourth-order valence-electron chi connectivity index (χ4n) is 5.57. The number of aryl methyl sites for hydroxylation is 3. The topological polar surface area (TPSA) is 84.8 Å². The second kappa shape index (κ2) is 9.15. The lowest BCUT2D eigenvalue weighted by Crippen LogP contribution is -2.48. The Bertz CT molecular complexity index is 1180. The van der Waals surface area contributed by atoms with Gasteiger partial charge in [-0.1, -0.05) is 5.16 Å². The zero-order chi connectivity index (χ0) is 24.0. The van der Waals surface area contributed by atoms with E-state index in [0.29, 0.717) is 34.0 Å². The van der Waals surface area contributed by atoms with Crippen molar-refractivity contribution in [1.82, 2.24) is 19.9 Å². The number of morpholine rings is 1. The van der Waals surface area contributed by atoms with Gasteiger partial charge < -0.3 is 18.6 Å². The van der Waals surface area contributed by atoms with E-state index in [9.17, 15) is 4.79 Å². The van der Waals surface area contributed by atoms with Gasteiger partial charge in [0.2, 0.25) is 0 Å². The van der Waals surface area contributed by atoms with Crippen molar-refractivity contribution in [2.45, 2.75) is 59.7 Å². The van der Waals surface area contributed by atoms with Crippen LogP contribution in [0.3, 0.4) is 0 Å². The minimum absolute atomic E-state index is 0.0184. The fourth-order valence-corrected chi connectivity index (χ4v) is 5.57. The average molecular weight is 467 g/mol. The van der Waals surface area contributed by atoms with Crippen molar-refractivity contribution in [3.63, 3.8) is 0 Å². The minimum atomic E-state index is 0.0184. The number of hydrogen-bond acceptors (Lipinski definition) is 7. The first kappa shape index (κ1) is 23.1. The molecule has 3 aromatic heterocycles. The molecule has 34 heavy (non-hydrogen) atoms. The molecular formula is C26H34N4O4. The van der Waals surface area contributed by atoms with Gasteiger partial charge in [0.25, 0.3) is 11.6 Å². The Morgan fingerprint density at radius 2 is 1.79 bits per heavy atom. The number of piperidine rings is 1. The van der Waals surface area contributed by atoms with Crippen LogP contribution in [-0.2, 0) is 4.74 Å². The number of ether oxygens (including phenoxy) is 1. The maximum Gasteiger partial charge on any atom is 0.259 e. The number of pyridine rings is 1. The van der Waals surface area contributed by atoms with Gasteiger partial charge in [-0.25, -0.2) is 4.98 Å². The Hall–Kier alpha value is -2.71. The van der Waals surface area contributed by atoms with Crippen LogP contribution in [0.5, 0.6) is 0 Å². The maximum atomic E-state index is 13.7. The van der Waals surface area contributed by atoms with Gasteiger partial charge in [-0.2, -0.15) is 0 Å². The van der Waals surface area contributed by atoms with Gasteiger partial charge in [0, 0.05) is 38.3 Å². The lowest BCUT2D eigenvalue weighted by molar-refractivity contribution is -0.0728. The normalized spacial score (nSPS) is 22.6. The van der Waals surface area contributed by atoms with Gasteiger partial charge >= 0.3 is 0 Å². The maximum absolute atomic E-state index is 13.7. The Kier molecular flexibility index (Phi) is 6.20. The molecule has 182 valence electrons. The summed E-state index contributed by atoms with van der Waals surface area (Å²) in [5.74, 6) is 2.20. The Morgan fingerprint density at radius 3 is 2.44 bits per heavy atom. The number of hydrogen-bond donors (Lipinski definition) is 0. The predicted molar refractivity (Wildman–Crippen MR) is 129 cm³/mol. The monoisotopic (exact) mass is 466 g/mol. The lowest BCUT2D eigenvalue weighted by Gasteiger charge is -2.39. The number of rotatable bonds is 4. The van der Waals surface area contributed by atoms with Crippen LogP contribution in [-0.4, -0.2) is 70.8 Å². The number of likely N-dealkylation sites (tertiary alicyclic amines) is 1. The third-order valence-corrected chi connectivity index (χ3v) is 7.08. The van der Waals surface area contributed by atoms with Gasteiger partial charge in [-0.05, 0) is 65.5 Å². The number of aromatic nitrogens is 2. The number of fused-ring (bicyclic) bond motifs is 1. The number of furan rings is 1. The van der Waals surface area contributed by atoms with Crippen molar-refractivity contribution in [2.75, 3.05) is 32.7 Å². The van der Waals surface area contributed by atoms with Gasteiger partial charge in [0.1, 0.15) is 11.5 Å². The molecule has 0 bridgehead atoms. The highest BCUT2D eigenvalue weighted by Crippen LogP contribution is 2.32. The summed E-state index contributed by atoms with van der Waals surface area (Å²) in [5, 5.41) is 4.79. The van der Waals surface area contributed by atoms with E-state index in [0.717, 1.165) is 62.6 Å². The van der Waals surface area contributed by atoms with E-state index in [2.05, 4.69) is 28.9 Å². The smallest absolute Gasteiger partial charge is 0.259 e. The second-order valence-electron chi connectivity index (χ2n) is 10.0. The summed E-state index contributed by atoms with van der Waals surface area (Å²) in [6, 6.07) is 3.81. The summed E-state index contributed by atoms with van der Waals surface area (Å²) in [7, 11) is 0. The SMILES string of the molecule is Cc1cc(-c2cc(C(=O)N3CCC(CN4CC(C)OC(C)C4)CC3)c3c(C)noc3n2)c(C)o1. The van der Waals surface area contributed by atoms with Crippen molar-refractivity contribution in [1.29, 1.82) is 0 Å². The van der Waals surface area contributed by atoms with E-state index >= 15 is 0 Å². The molecule has 0 radical (unpaired) electrons. The minimum Gasteiger partial charge on any atom is -0.466 e. The largest absolute Gasteiger partial charge is 0.466 e. The van der Waals surface area contributed by atoms with Crippen molar-refractivity contribution >= 4 is 17.0 Å². The molecule has 8 nitrogen and oxygen atoms in total. The molecule has 0 aliphatic carbocycles. The number of amides is 1. The van der Waals surface area contributed by atoms with Crippen LogP contribution in [0, 0.1) is 26.7 Å². The zero-order valence-electron chi connectivity index (χ0n) is 20.8. The highest BCUT2D eigenvalue weighted by molar-refractivity contribution is 6.07. The number of carbonyl (C=O) groups is 1. The quantitative estimate of drug-likeness (QED) is 0.564. The molecule has 2 aliphatic heterocycles. The Labute approximate surface area is 200 Å². The van der Waals surface area contributed by atoms with Crippen LogP contribution in [0.1, 0.15) is 54.3 Å². The summed E-state index contributed by atoms with van der Waals surface area (Å²) in [6.45, 7) is 14.5. The first-order valence-electron chi connectivity index (χ1n) is 12.3. The van der Waals surface area contributed by atoms with Crippen molar-refractivity contribution in [3.8, 4) is 11.3 Å². The third-order valence-electron chi connectivity index (χ3n) is 7.08. The molecule has 0 saturated carbocycles. The molecule has 0 spiro atoms. The molecule has 2 aliphatic rings. The van der Waals surface area contributed by atoms with E-state index in [1.165, 1.54) is 0 Å². The summed E-state index contributed by atoms with van der Waals surface area (Å²) in [5.41, 5.74) is 3.22. The molecule has 2 unspecified atom stereocenters. The second-order valence-corrected chi connectivity index (χ2v) is 10.0. The van der Waals surface area contributed by atoms with E-state index in [-0.39, 0.29) is 18.1 Å². The van der Waals surface area contributed by atoms with E-state index in [1.807, 2.05) is 37.8 Å². The molecular weight excluding hydrogens is 432 g/mol. The Morgan fingerprint density at radius 1 is 1.09 bits per heavy atom. The van der Waals surface area contributed by atoms with Gasteiger partial charge in [0.05, 0.1) is 34.5 Å². The zero-order valence-corrected chi connectivity index (χ0v) is 20.8. The molecule has 3 aromatic rings. The van der Waals surface area contributed by atoms with Crippen LogP contribution < -0.4 is 0 Å². The highest BCUT2D eigenvalue weighted by atomic mass is 16.5. The standard InChI is InChI=1S/C26H34N4O4/c1-15-10-21(19(5)33-15)23-11-22(24-18(4)28-34-25(24)27-23)26(31)30-8-6-20(7-9-30)14-29-12-16(2)32-17(3)13-29/h10-11,16-17,20H,6-9,12-14H2,1-5H3. The van der Waals surface area contributed by atoms with Crippen LogP contribution in [0.25, 0.3) is 22.4 Å². The molecule has 5 rings (SSSR count). The van der Waals surface area contributed by atoms with E-state index < -0.39 is 0 Å². The predicted octanol–water partition coefficient (Wildman–Crippen LogP) is 4.37. The van der Waals surface area contributed by atoms with Crippen molar-refractivity contribution in [2.24, 2.45) is 5.92 Å². The summed E-state index contributed by atoms with van der Waals surface area (Å²) < 4.78 is 17.0. The number of nitrogens with zero attached hydrogens (tertiary/aromatic N) is 4. The van der Waals surface area contributed by atoms with Gasteiger partial charge in [0.15, 0.2) is 0 Å². The number of carbonyl (C=O) groups excluding carboxylic acids is 1. The van der Waals surface area contributed by atoms with Crippen LogP contribution in [0.4, 0.5) is 0 Å². The molecule has 0 N–H and O–H groups in total. The van der Waals surface area contributed by atoms with Crippen LogP contribution >= 0.6 is 0 Å². The highest BCUT2D eigenvalue weighted by Gasteiger charge is 2.30. The fraction of sp³-hybridized carbons (Fsp3) is 0.577. The summed E-state index contributed by atoms with van der Waals surface area (Å²) in [6.07, 6.45) is 2.58. The first-order chi connectivity index (χ1) is 16.3. The lowest BCUT2D eigenvalue weighted by atomic mass is 9.94. The molecule has 1 amide bonds. The molecule has 5 heterocycles. The average Bonchev–Trinajstić information content (AvgIpc) is 3.33. The molecule has 2 atom stereocenters. The molecule has 2 fully saturated rings. The molecule has 8 heteroatoms. The van der Waals surface area contributed by atoms with Crippen molar-refractivity contribution in [3.05, 3.63) is 34.9 Å². The molecule has 2 saturated heterocycles. The third kappa shape index (κ3) is 4.49. The summed E-state index contributed by atoms with van der Waals surface area (Å²) >= 11 is 0. The molecule has 0 aromatic carbocycles. The van der Waals surface area contributed by atoms with E-state index in [4.69, 9.17) is 13.7 Å².